The van der Waals surface area contributed by atoms with Crippen molar-refractivity contribution in [2.24, 2.45) is 0 Å². The van der Waals surface area contributed by atoms with Gasteiger partial charge < -0.3 is 0 Å². The highest BCUT2D eigenvalue weighted by Crippen LogP contribution is 2.35. The third-order valence-corrected chi connectivity index (χ3v) is 4.72. The van der Waals surface area contributed by atoms with E-state index in [-0.39, 0.29) is 0 Å². The molecule has 0 radical (unpaired) electrons. The Morgan fingerprint density at radius 1 is 1.46 bits per heavy atom. The third-order valence-electron chi connectivity index (χ3n) is 1.39. The summed E-state index contributed by atoms with van der Waals surface area (Å²) in [6, 6.07) is 2.00. The summed E-state index contributed by atoms with van der Waals surface area (Å²) in [5.74, 6) is 0.431. The molecule has 0 bridgehead atoms. The molecule has 2 heterocycles. The molecule has 0 spiro atoms. The fourth-order valence-electron chi connectivity index (χ4n) is 0.846. The van der Waals surface area contributed by atoms with E-state index in [0.29, 0.717) is 5.88 Å². The first kappa shape index (κ1) is 9.58. The van der Waals surface area contributed by atoms with Gasteiger partial charge in [-0.3, -0.25) is 0 Å². The zero-order valence-electron chi connectivity index (χ0n) is 6.33. The first-order valence-corrected chi connectivity index (χ1v) is 6.45. The maximum atomic E-state index is 5.64. The predicted octanol–water partition coefficient (Wildman–Crippen LogP) is 3.77. The standard InChI is InChI=1S/C7H4BrClN2S2/c8-4-1-2-12-6(4)7-11-10-5(3-9)13-7/h1-2H,3H2. The Labute approximate surface area is 96.7 Å². The van der Waals surface area contributed by atoms with Crippen LogP contribution in [0.3, 0.4) is 0 Å². The van der Waals surface area contributed by atoms with E-state index in [0.717, 1.165) is 19.4 Å². The van der Waals surface area contributed by atoms with Crippen LogP contribution in [0.1, 0.15) is 5.01 Å². The summed E-state index contributed by atoms with van der Waals surface area (Å²) < 4.78 is 1.06. The number of nitrogens with zero attached hydrogens (tertiary/aromatic N) is 2. The Kier molecular flexibility index (Phi) is 2.98. The van der Waals surface area contributed by atoms with Crippen molar-refractivity contribution in [3.63, 3.8) is 0 Å². The molecule has 6 heteroatoms. The molecular formula is C7H4BrClN2S2. The second-order valence-electron chi connectivity index (χ2n) is 2.23. The first-order valence-electron chi connectivity index (χ1n) is 3.43. The fourth-order valence-corrected chi connectivity index (χ4v) is 3.54. The summed E-state index contributed by atoms with van der Waals surface area (Å²) in [6.07, 6.45) is 0. The van der Waals surface area contributed by atoms with Crippen molar-refractivity contribution >= 4 is 50.2 Å². The average molecular weight is 296 g/mol. The van der Waals surface area contributed by atoms with Crippen molar-refractivity contribution in [1.82, 2.24) is 10.2 Å². The quantitative estimate of drug-likeness (QED) is 0.788. The van der Waals surface area contributed by atoms with Crippen LogP contribution in [-0.4, -0.2) is 10.2 Å². The van der Waals surface area contributed by atoms with Gasteiger partial charge in [-0.1, -0.05) is 11.3 Å². The van der Waals surface area contributed by atoms with E-state index in [1.54, 1.807) is 11.3 Å². The molecule has 0 saturated heterocycles. The van der Waals surface area contributed by atoms with Gasteiger partial charge in [0.25, 0.3) is 0 Å². The van der Waals surface area contributed by atoms with Gasteiger partial charge in [-0.05, 0) is 27.4 Å². The minimum Gasteiger partial charge on any atom is -0.142 e. The lowest BCUT2D eigenvalue weighted by Gasteiger charge is -1.87. The minimum absolute atomic E-state index is 0.431. The molecule has 0 fully saturated rings. The Balaban J connectivity index is 2.41. The van der Waals surface area contributed by atoms with Crippen LogP contribution in [0.5, 0.6) is 0 Å². The Bertz CT molecular complexity index is 412. The molecule has 0 aliphatic carbocycles. The van der Waals surface area contributed by atoms with Crippen molar-refractivity contribution in [3.05, 3.63) is 20.9 Å². The van der Waals surface area contributed by atoms with Crippen LogP contribution in [0.25, 0.3) is 9.88 Å². The predicted molar refractivity (Wildman–Crippen MR) is 60.5 cm³/mol. The summed E-state index contributed by atoms with van der Waals surface area (Å²) in [5.41, 5.74) is 0. The molecule has 2 rings (SSSR count). The molecule has 2 nitrogen and oxygen atoms in total. The van der Waals surface area contributed by atoms with Crippen molar-refractivity contribution < 1.29 is 0 Å². The van der Waals surface area contributed by atoms with Gasteiger partial charge in [0.05, 0.1) is 10.8 Å². The summed E-state index contributed by atoms with van der Waals surface area (Å²) in [7, 11) is 0. The molecule has 0 aromatic carbocycles. The van der Waals surface area contributed by atoms with Crippen LogP contribution in [0.2, 0.25) is 0 Å². The molecule has 2 aromatic heterocycles. The molecule has 0 unspecified atom stereocenters. The maximum Gasteiger partial charge on any atom is 0.159 e. The molecule has 0 atom stereocenters. The summed E-state index contributed by atoms with van der Waals surface area (Å²) in [6.45, 7) is 0. The van der Waals surface area contributed by atoms with Crippen molar-refractivity contribution in [2.75, 3.05) is 0 Å². The van der Waals surface area contributed by atoms with Crippen LogP contribution in [0.15, 0.2) is 15.9 Å². The summed E-state index contributed by atoms with van der Waals surface area (Å²) in [5, 5.41) is 11.8. The molecular weight excluding hydrogens is 292 g/mol. The lowest BCUT2D eigenvalue weighted by molar-refractivity contribution is 1.04. The largest absolute Gasteiger partial charge is 0.159 e. The highest BCUT2D eigenvalue weighted by Gasteiger charge is 2.10. The van der Waals surface area contributed by atoms with Crippen LogP contribution in [0, 0.1) is 0 Å². The lowest BCUT2D eigenvalue weighted by atomic mass is 10.5. The van der Waals surface area contributed by atoms with Gasteiger partial charge >= 0.3 is 0 Å². The van der Waals surface area contributed by atoms with Gasteiger partial charge in [-0.25, -0.2) is 0 Å². The van der Waals surface area contributed by atoms with E-state index < -0.39 is 0 Å². The zero-order chi connectivity index (χ0) is 9.26. The fraction of sp³-hybridized carbons (Fsp3) is 0.143. The van der Waals surface area contributed by atoms with Gasteiger partial charge in [0.15, 0.2) is 5.01 Å². The van der Waals surface area contributed by atoms with Crippen LogP contribution < -0.4 is 0 Å². The van der Waals surface area contributed by atoms with Gasteiger partial charge in [-0.2, -0.15) is 0 Å². The number of rotatable bonds is 2. The summed E-state index contributed by atoms with van der Waals surface area (Å²) >= 11 is 12.3. The van der Waals surface area contributed by atoms with Crippen LogP contribution in [-0.2, 0) is 5.88 Å². The average Bonchev–Trinajstić information content (AvgIpc) is 2.71. The van der Waals surface area contributed by atoms with E-state index in [9.17, 15) is 0 Å². The van der Waals surface area contributed by atoms with E-state index in [2.05, 4.69) is 26.1 Å². The first-order chi connectivity index (χ1) is 6.31. The third kappa shape index (κ3) is 1.93. The zero-order valence-corrected chi connectivity index (χ0v) is 10.3. The molecule has 2 aromatic rings. The van der Waals surface area contributed by atoms with E-state index in [1.165, 1.54) is 11.3 Å². The molecule has 0 aliphatic rings. The highest BCUT2D eigenvalue weighted by molar-refractivity contribution is 9.10. The Morgan fingerprint density at radius 3 is 2.85 bits per heavy atom. The lowest BCUT2D eigenvalue weighted by Crippen LogP contribution is -1.74. The van der Waals surface area contributed by atoms with Gasteiger partial charge in [0.2, 0.25) is 0 Å². The topological polar surface area (TPSA) is 25.8 Å². The van der Waals surface area contributed by atoms with Gasteiger partial charge in [0.1, 0.15) is 5.01 Å². The van der Waals surface area contributed by atoms with Crippen molar-refractivity contribution in [3.8, 4) is 9.88 Å². The number of halogens is 2. The number of thiophene rings is 1. The second kappa shape index (κ2) is 4.04. The maximum absolute atomic E-state index is 5.64. The molecule has 68 valence electrons. The molecule has 0 saturated carbocycles. The van der Waals surface area contributed by atoms with E-state index in [1.807, 2.05) is 11.4 Å². The normalized spacial score (nSPS) is 10.6. The second-order valence-corrected chi connectivity index (χ2v) is 5.33. The van der Waals surface area contributed by atoms with Crippen LogP contribution in [0.4, 0.5) is 0 Å². The van der Waals surface area contributed by atoms with Crippen LogP contribution >= 0.6 is 50.2 Å². The smallest absolute Gasteiger partial charge is 0.142 e. The van der Waals surface area contributed by atoms with E-state index in [4.69, 9.17) is 11.6 Å². The summed E-state index contributed by atoms with van der Waals surface area (Å²) in [4.78, 5) is 1.12. The van der Waals surface area contributed by atoms with Crippen molar-refractivity contribution in [1.29, 1.82) is 0 Å². The molecule has 0 aliphatic heterocycles. The molecule has 13 heavy (non-hydrogen) atoms. The molecule has 0 amide bonds. The SMILES string of the molecule is ClCc1nnc(-c2sccc2Br)s1. The van der Waals surface area contributed by atoms with E-state index >= 15 is 0 Å². The Morgan fingerprint density at radius 2 is 2.31 bits per heavy atom. The number of alkyl halides is 1. The number of aromatic nitrogens is 2. The number of hydrogen-bond acceptors (Lipinski definition) is 4. The molecule has 0 N–H and O–H groups in total. The highest BCUT2D eigenvalue weighted by atomic mass is 79.9. The van der Waals surface area contributed by atoms with Gasteiger partial charge in [0, 0.05) is 4.47 Å². The Hall–Kier alpha value is 0.0300. The minimum atomic E-state index is 0.431. The number of hydrogen-bond donors (Lipinski definition) is 0. The monoisotopic (exact) mass is 294 g/mol. The van der Waals surface area contributed by atoms with Gasteiger partial charge in [-0.15, -0.1) is 33.1 Å². The van der Waals surface area contributed by atoms with Crippen molar-refractivity contribution in [2.45, 2.75) is 5.88 Å².